The molecule has 466 valence electrons. The molecule has 81 heavy (non-hydrogen) atoms. The third-order valence-corrected chi connectivity index (χ3v) is 15.1. The van der Waals surface area contributed by atoms with Crippen molar-refractivity contribution in [1.29, 1.82) is 0 Å². The molecule has 6 nitrogen and oxygen atoms in total. The molecule has 1 unspecified atom stereocenters. The van der Waals surface area contributed by atoms with Crippen molar-refractivity contribution < 1.29 is 28.6 Å². The lowest BCUT2D eigenvalue weighted by Crippen LogP contribution is -2.30. The van der Waals surface area contributed by atoms with Crippen LogP contribution in [-0.2, 0) is 28.6 Å². The largest absolute Gasteiger partial charge is 0.462 e. The molecule has 0 radical (unpaired) electrons. The molecule has 0 aromatic carbocycles. The molecule has 0 aromatic rings. The minimum Gasteiger partial charge on any atom is -0.462 e. The van der Waals surface area contributed by atoms with E-state index in [9.17, 15) is 14.4 Å². The van der Waals surface area contributed by atoms with Crippen LogP contribution in [-0.4, -0.2) is 37.2 Å². The van der Waals surface area contributed by atoms with Crippen molar-refractivity contribution >= 4 is 17.9 Å². The molecule has 0 heterocycles. The Kier molecular flexibility index (Phi) is 65.7. The third kappa shape index (κ3) is 67.0. The van der Waals surface area contributed by atoms with Crippen molar-refractivity contribution in [3.8, 4) is 0 Å². The van der Waals surface area contributed by atoms with E-state index in [0.717, 1.165) is 83.5 Å². The number of carbonyl (C=O) groups is 3. The van der Waals surface area contributed by atoms with Gasteiger partial charge in [0.2, 0.25) is 0 Å². The number of unbranched alkanes of at least 4 members (excludes halogenated alkanes) is 36. The Bertz CT molecular complexity index is 1580. The topological polar surface area (TPSA) is 78.9 Å². The van der Waals surface area contributed by atoms with Crippen molar-refractivity contribution in [1.82, 2.24) is 0 Å². The number of carbonyl (C=O) groups excluding carboxylic acids is 3. The molecular formula is C75H130O6. The lowest BCUT2D eigenvalue weighted by Gasteiger charge is -2.18. The Balaban J connectivity index is 4.26. The molecule has 0 aromatic heterocycles. The van der Waals surface area contributed by atoms with Crippen LogP contribution in [0.2, 0.25) is 0 Å². The molecule has 0 rings (SSSR count). The minimum atomic E-state index is -0.817. The molecule has 1 atom stereocenters. The van der Waals surface area contributed by atoms with E-state index in [1.807, 2.05) is 6.08 Å². The van der Waals surface area contributed by atoms with E-state index in [1.165, 1.54) is 212 Å². The van der Waals surface area contributed by atoms with Gasteiger partial charge in [0.25, 0.3) is 0 Å². The van der Waals surface area contributed by atoms with Crippen LogP contribution in [0.4, 0.5) is 0 Å². The van der Waals surface area contributed by atoms with Gasteiger partial charge >= 0.3 is 17.9 Å². The standard InChI is InChI=1S/C75H130O6/c1-4-7-10-13-16-19-22-25-27-29-31-32-33-34-35-36-37-38-39-40-41-42-44-45-47-50-53-56-59-62-65-68-74(77)80-71-72(70-79-73(76)67-64-61-58-55-52-49-24-21-18-15-12-9-6-3)81-75(78)69-66-63-60-57-54-51-48-46-43-30-28-26-23-20-17-14-11-8-5-2/h8,11,17,20,22,25-26,28-29,31,43,46,51,54,60,63,72H,4-7,9-10,12-16,18-19,21,23-24,27,30,32-42,44-45,47-50,52-53,55-59,61-62,64-71H2,1-3H3/b11-8-,20-17-,25-22-,28-26-,31-29-,46-43-,54-51-,63-60-. The van der Waals surface area contributed by atoms with Crippen molar-refractivity contribution in [3.63, 3.8) is 0 Å². The number of esters is 3. The average Bonchev–Trinajstić information content (AvgIpc) is 3.46. The maximum atomic E-state index is 12.9. The predicted octanol–water partition coefficient (Wildman–Crippen LogP) is 24.0. The summed E-state index contributed by atoms with van der Waals surface area (Å²) >= 11 is 0. The van der Waals surface area contributed by atoms with Crippen LogP contribution in [0.1, 0.15) is 342 Å². The number of ether oxygens (including phenoxy) is 3. The van der Waals surface area contributed by atoms with Crippen molar-refractivity contribution in [3.05, 3.63) is 97.2 Å². The fourth-order valence-electron chi connectivity index (χ4n) is 9.91. The normalized spacial score (nSPS) is 12.7. The van der Waals surface area contributed by atoms with E-state index in [4.69, 9.17) is 14.2 Å². The van der Waals surface area contributed by atoms with Gasteiger partial charge in [-0.2, -0.15) is 0 Å². The summed E-state index contributed by atoms with van der Waals surface area (Å²) in [6.45, 7) is 6.49. The summed E-state index contributed by atoms with van der Waals surface area (Å²) in [5, 5.41) is 0. The molecule has 0 saturated carbocycles. The molecular weight excluding hydrogens is 997 g/mol. The van der Waals surface area contributed by atoms with Gasteiger partial charge in [-0.3, -0.25) is 14.4 Å². The van der Waals surface area contributed by atoms with Gasteiger partial charge in [0, 0.05) is 19.3 Å². The van der Waals surface area contributed by atoms with Crippen molar-refractivity contribution in [2.24, 2.45) is 0 Å². The maximum Gasteiger partial charge on any atom is 0.306 e. The van der Waals surface area contributed by atoms with Crippen LogP contribution in [0, 0.1) is 0 Å². The van der Waals surface area contributed by atoms with E-state index in [1.54, 1.807) is 0 Å². The Morgan fingerprint density at radius 1 is 0.259 bits per heavy atom. The van der Waals surface area contributed by atoms with Gasteiger partial charge in [-0.1, -0.05) is 330 Å². The van der Waals surface area contributed by atoms with E-state index in [2.05, 4.69) is 112 Å². The van der Waals surface area contributed by atoms with E-state index >= 15 is 0 Å². The van der Waals surface area contributed by atoms with Crippen LogP contribution in [0.15, 0.2) is 97.2 Å². The molecule has 0 N–H and O–H groups in total. The predicted molar refractivity (Wildman–Crippen MR) is 353 cm³/mol. The Labute approximate surface area is 502 Å². The second-order valence-corrected chi connectivity index (χ2v) is 23.1. The number of hydrogen-bond donors (Lipinski definition) is 0. The van der Waals surface area contributed by atoms with Crippen LogP contribution >= 0.6 is 0 Å². The number of rotatable bonds is 63. The number of hydrogen-bond acceptors (Lipinski definition) is 6. The highest BCUT2D eigenvalue weighted by atomic mass is 16.6. The Hall–Kier alpha value is -3.67. The van der Waals surface area contributed by atoms with Crippen LogP contribution in [0.5, 0.6) is 0 Å². The van der Waals surface area contributed by atoms with E-state index < -0.39 is 6.10 Å². The zero-order valence-electron chi connectivity index (χ0n) is 53.5. The van der Waals surface area contributed by atoms with Gasteiger partial charge in [-0.15, -0.1) is 0 Å². The first kappa shape index (κ1) is 77.3. The fraction of sp³-hybridized carbons (Fsp3) is 0.747. The molecule has 6 heteroatoms. The zero-order chi connectivity index (χ0) is 58.5. The van der Waals surface area contributed by atoms with Crippen molar-refractivity contribution in [2.75, 3.05) is 13.2 Å². The SMILES string of the molecule is CC/C=C\C/C=C\C/C=C\C/C=C\C/C=C\C/C=C\CCC(=O)OC(COC(=O)CCCCCCCCCCCCCCC)COC(=O)CCCCCCCCCCCCCCCCCCCCC/C=C\C/C=C\CCCCCCC. The molecule has 0 amide bonds. The van der Waals surface area contributed by atoms with Crippen LogP contribution in [0.3, 0.4) is 0 Å². The highest BCUT2D eigenvalue weighted by Gasteiger charge is 2.19. The summed E-state index contributed by atoms with van der Waals surface area (Å²) in [5.74, 6) is -0.974. The second-order valence-electron chi connectivity index (χ2n) is 23.1. The molecule has 0 aliphatic carbocycles. The first-order valence-electron chi connectivity index (χ1n) is 34.7. The number of allylic oxidation sites excluding steroid dienone is 16. The lowest BCUT2D eigenvalue weighted by molar-refractivity contribution is -0.166. The van der Waals surface area contributed by atoms with Gasteiger partial charge in [0.15, 0.2) is 6.10 Å². The summed E-state index contributed by atoms with van der Waals surface area (Å²) in [5.41, 5.74) is 0. The molecule has 0 aliphatic rings. The minimum absolute atomic E-state index is 0.104. The summed E-state index contributed by atoms with van der Waals surface area (Å²) in [6.07, 6.45) is 93.1. The van der Waals surface area contributed by atoms with Gasteiger partial charge in [-0.25, -0.2) is 0 Å². The van der Waals surface area contributed by atoms with E-state index in [0.29, 0.717) is 19.3 Å². The van der Waals surface area contributed by atoms with Gasteiger partial charge in [0.1, 0.15) is 13.2 Å². The maximum absolute atomic E-state index is 12.9. The molecule has 0 bridgehead atoms. The Morgan fingerprint density at radius 3 is 0.802 bits per heavy atom. The first-order valence-corrected chi connectivity index (χ1v) is 34.7. The van der Waals surface area contributed by atoms with Gasteiger partial charge < -0.3 is 14.2 Å². The summed E-state index contributed by atoms with van der Waals surface area (Å²) in [6, 6.07) is 0. The lowest BCUT2D eigenvalue weighted by atomic mass is 10.0. The van der Waals surface area contributed by atoms with Crippen molar-refractivity contribution in [2.45, 2.75) is 348 Å². The zero-order valence-corrected chi connectivity index (χ0v) is 53.5. The highest BCUT2D eigenvalue weighted by molar-refractivity contribution is 5.71. The van der Waals surface area contributed by atoms with Gasteiger partial charge in [-0.05, 0) is 89.9 Å². The monoisotopic (exact) mass is 1130 g/mol. The molecule has 0 saturated heterocycles. The highest BCUT2D eigenvalue weighted by Crippen LogP contribution is 2.17. The first-order chi connectivity index (χ1) is 40.0. The fourth-order valence-corrected chi connectivity index (χ4v) is 9.91. The molecule has 0 aliphatic heterocycles. The summed E-state index contributed by atoms with van der Waals surface area (Å²) in [4.78, 5) is 38.3. The van der Waals surface area contributed by atoms with Crippen LogP contribution < -0.4 is 0 Å². The van der Waals surface area contributed by atoms with E-state index in [-0.39, 0.29) is 37.5 Å². The molecule has 0 spiro atoms. The third-order valence-electron chi connectivity index (χ3n) is 15.1. The van der Waals surface area contributed by atoms with Crippen LogP contribution in [0.25, 0.3) is 0 Å². The van der Waals surface area contributed by atoms with Gasteiger partial charge in [0.05, 0.1) is 0 Å². The average molecular weight is 1130 g/mol. The second kappa shape index (κ2) is 68.8. The quantitative estimate of drug-likeness (QED) is 0.0261. The smallest absolute Gasteiger partial charge is 0.306 e. The Morgan fingerprint density at radius 2 is 0.506 bits per heavy atom. The summed E-state index contributed by atoms with van der Waals surface area (Å²) < 4.78 is 16.9. The summed E-state index contributed by atoms with van der Waals surface area (Å²) in [7, 11) is 0. The molecule has 0 fully saturated rings.